The minimum absolute atomic E-state index is 0.211. The molecule has 0 aliphatic rings. The third-order valence-electron chi connectivity index (χ3n) is 2.98. The Hall–Kier alpha value is -1.88. The second-order valence-electron chi connectivity index (χ2n) is 4.70. The molecular weight excluding hydrogens is 270 g/mol. The first-order valence-electron chi connectivity index (χ1n) is 7.15. The SMILES string of the molecule is CCCN(CC(=O)OCC)Cc1ccc(C(=O)OC)cc1. The largest absolute Gasteiger partial charge is 0.465 e. The number of nitrogens with zero attached hydrogens (tertiary/aromatic N) is 1. The van der Waals surface area contributed by atoms with Gasteiger partial charge in [-0.1, -0.05) is 19.1 Å². The van der Waals surface area contributed by atoms with E-state index < -0.39 is 0 Å². The van der Waals surface area contributed by atoms with E-state index in [0.717, 1.165) is 18.5 Å². The standard InChI is InChI=1S/C16H23NO4/c1-4-10-17(12-15(18)21-5-2)11-13-6-8-14(9-7-13)16(19)20-3/h6-9H,4-5,10-12H2,1-3H3. The third kappa shape index (κ3) is 5.95. The normalized spacial score (nSPS) is 10.5. The number of hydrogen-bond acceptors (Lipinski definition) is 5. The van der Waals surface area contributed by atoms with E-state index in [2.05, 4.69) is 11.7 Å². The second-order valence-corrected chi connectivity index (χ2v) is 4.70. The molecule has 0 heterocycles. The Morgan fingerprint density at radius 1 is 1.14 bits per heavy atom. The number of esters is 2. The first kappa shape index (κ1) is 17.2. The van der Waals surface area contributed by atoms with Crippen molar-refractivity contribution in [2.75, 3.05) is 26.8 Å². The van der Waals surface area contributed by atoms with Gasteiger partial charge in [0, 0.05) is 6.54 Å². The molecular formula is C16H23NO4. The molecule has 0 N–H and O–H groups in total. The number of methoxy groups -OCH3 is 1. The molecule has 0 atom stereocenters. The Morgan fingerprint density at radius 3 is 2.33 bits per heavy atom. The average molecular weight is 293 g/mol. The summed E-state index contributed by atoms with van der Waals surface area (Å²) in [6.45, 7) is 6.00. The molecule has 0 aliphatic heterocycles. The van der Waals surface area contributed by atoms with Crippen molar-refractivity contribution in [1.82, 2.24) is 4.90 Å². The fourth-order valence-electron chi connectivity index (χ4n) is 2.04. The van der Waals surface area contributed by atoms with Gasteiger partial charge in [0.05, 0.1) is 25.8 Å². The predicted octanol–water partition coefficient (Wildman–Crippen LogP) is 2.25. The molecule has 1 rings (SSSR count). The molecule has 0 unspecified atom stereocenters. The van der Waals surface area contributed by atoms with E-state index in [1.165, 1.54) is 7.11 Å². The summed E-state index contributed by atoms with van der Waals surface area (Å²) in [4.78, 5) is 25.0. The average Bonchev–Trinajstić information content (AvgIpc) is 2.47. The smallest absolute Gasteiger partial charge is 0.337 e. The van der Waals surface area contributed by atoms with Crippen molar-refractivity contribution >= 4 is 11.9 Å². The summed E-state index contributed by atoms with van der Waals surface area (Å²) in [5.74, 6) is -0.560. The van der Waals surface area contributed by atoms with Crippen molar-refractivity contribution in [3.8, 4) is 0 Å². The molecule has 0 saturated heterocycles. The maximum Gasteiger partial charge on any atom is 0.337 e. The molecule has 0 radical (unpaired) electrons. The topological polar surface area (TPSA) is 55.8 Å². The molecule has 0 fully saturated rings. The first-order valence-corrected chi connectivity index (χ1v) is 7.15. The van der Waals surface area contributed by atoms with Crippen molar-refractivity contribution < 1.29 is 19.1 Å². The van der Waals surface area contributed by atoms with Crippen molar-refractivity contribution in [2.24, 2.45) is 0 Å². The number of ether oxygens (including phenoxy) is 2. The highest BCUT2D eigenvalue weighted by Gasteiger charge is 2.12. The first-order chi connectivity index (χ1) is 10.1. The van der Waals surface area contributed by atoms with Gasteiger partial charge in [-0.15, -0.1) is 0 Å². The van der Waals surface area contributed by atoms with Crippen molar-refractivity contribution in [2.45, 2.75) is 26.8 Å². The summed E-state index contributed by atoms with van der Waals surface area (Å²) in [6, 6.07) is 7.21. The van der Waals surface area contributed by atoms with E-state index in [0.29, 0.717) is 18.7 Å². The van der Waals surface area contributed by atoms with Gasteiger partial charge in [-0.3, -0.25) is 9.69 Å². The number of carbonyl (C=O) groups excluding carboxylic acids is 2. The lowest BCUT2D eigenvalue weighted by molar-refractivity contribution is -0.144. The minimum atomic E-state index is -0.349. The van der Waals surface area contributed by atoms with Crippen LogP contribution >= 0.6 is 0 Å². The Morgan fingerprint density at radius 2 is 1.81 bits per heavy atom. The van der Waals surface area contributed by atoms with Gasteiger partial charge in [-0.2, -0.15) is 0 Å². The van der Waals surface area contributed by atoms with Crippen LogP contribution in [0.2, 0.25) is 0 Å². The van der Waals surface area contributed by atoms with Crippen molar-refractivity contribution in [3.05, 3.63) is 35.4 Å². The molecule has 0 saturated carbocycles. The van der Waals surface area contributed by atoms with E-state index >= 15 is 0 Å². The molecule has 5 heteroatoms. The van der Waals surface area contributed by atoms with Crippen LogP contribution in [0.3, 0.4) is 0 Å². The zero-order valence-electron chi connectivity index (χ0n) is 12.9. The fraction of sp³-hybridized carbons (Fsp3) is 0.500. The van der Waals surface area contributed by atoms with Crippen LogP contribution in [0.25, 0.3) is 0 Å². The van der Waals surface area contributed by atoms with E-state index in [-0.39, 0.29) is 18.5 Å². The van der Waals surface area contributed by atoms with Gasteiger partial charge >= 0.3 is 11.9 Å². The summed E-state index contributed by atoms with van der Waals surface area (Å²) in [7, 11) is 1.36. The van der Waals surface area contributed by atoms with E-state index in [1.807, 2.05) is 17.0 Å². The molecule has 0 aliphatic carbocycles. The number of rotatable bonds is 8. The molecule has 1 aromatic carbocycles. The fourth-order valence-corrected chi connectivity index (χ4v) is 2.04. The Kier molecular flexibility index (Phi) is 7.46. The summed E-state index contributed by atoms with van der Waals surface area (Å²) in [6.07, 6.45) is 0.958. The van der Waals surface area contributed by atoms with Crippen LogP contribution < -0.4 is 0 Å². The summed E-state index contributed by atoms with van der Waals surface area (Å²) in [5.41, 5.74) is 1.56. The zero-order valence-corrected chi connectivity index (χ0v) is 12.9. The van der Waals surface area contributed by atoms with Gasteiger partial charge in [0.25, 0.3) is 0 Å². The van der Waals surface area contributed by atoms with Gasteiger partial charge < -0.3 is 9.47 Å². The van der Waals surface area contributed by atoms with Gasteiger partial charge in [0.15, 0.2) is 0 Å². The van der Waals surface area contributed by atoms with Crippen LogP contribution in [0, 0.1) is 0 Å². The molecule has 0 spiro atoms. The van der Waals surface area contributed by atoms with Crippen LogP contribution in [0.4, 0.5) is 0 Å². The Bertz CT molecular complexity index is 456. The lowest BCUT2D eigenvalue weighted by Gasteiger charge is -2.20. The molecule has 1 aromatic rings. The van der Waals surface area contributed by atoms with Crippen molar-refractivity contribution in [3.63, 3.8) is 0 Å². The Balaban J connectivity index is 2.65. The van der Waals surface area contributed by atoms with Crippen molar-refractivity contribution in [1.29, 1.82) is 0 Å². The summed E-state index contributed by atoms with van der Waals surface area (Å²) in [5, 5.41) is 0. The maximum absolute atomic E-state index is 11.6. The lowest BCUT2D eigenvalue weighted by Crippen LogP contribution is -2.31. The summed E-state index contributed by atoms with van der Waals surface area (Å²) >= 11 is 0. The highest BCUT2D eigenvalue weighted by Crippen LogP contribution is 2.09. The van der Waals surface area contributed by atoms with Crippen LogP contribution in [0.5, 0.6) is 0 Å². The molecule has 0 amide bonds. The molecule has 0 aromatic heterocycles. The highest BCUT2D eigenvalue weighted by atomic mass is 16.5. The molecule has 116 valence electrons. The van der Waals surface area contributed by atoms with E-state index in [4.69, 9.17) is 4.74 Å². The van der Waals surface area contributed by atoms with E-state index in [9.17, 15) is 9.59 Å². The minimum Gasteiger partial charge on any atom is -0.465 e. The number of carbonyl (C=O) groups is 2. The molecule has 5 nitrogen and oxygen atoms in total. The van der Waals surface area contributed by atoms with Gasteiger partial charge in [0.1, 0.15) is 0 Å². The predicted molar refractivity (Wildman–Crippen MR) is 80.0 cm³/mol. The quantitative estimate of drug-likeness (QED) is 0.688. The van der Waals surface area contributed by atoms with Gasteiger partial charge in [-0.05, 0) is 37.6 Å². The van der Waals surface area contributed by atoms with Crippen LogP contribution in [-0.4, -0.2) is 43.6 Å². The number of benzene rings is 1. The summed E-state index contributed by atoms with van der Waals surface area (Å²) < 4.78 is 9.64. The van der Waals surface area contributed by atoms with E-state index in [1.54, 1.807) is 19.1 Å². The molecule has 0 bridgehead atoms. The third-order valence-corrected chi connectivity index (χ3v) is 2.98. The number of hydrogen-bond donors (Lipinski definition) is 0. The lowest BCUT2D eigenvalue weighted by atomic mass is 10.1. The molecule has 21 heavy (non-hydrogen) atoms. The maximum atomic E-state index is 11.6. The zero-order chi connectivity index (χ0) is 15.7. The van der Waals surface area contributed by atoms with Crippen LogP contribution in [-0.2, 0) is 20.8 Å². The van der Waals surface area contributed by atoms with Gasteiger partial charge in [0.2, 0.25) is 0 Å². The second kappa shape index (κ2) is 9.13. The van der Waals surface area contributed by atoms with Crippen LogP contribution in [0.15, 0.2) is 24.3 Å². The highest BCUT2D eigenvalue weighted by molar-refractivity contribution is 5.89. The Labute approximate surface area is 125 Å². The van der Waals surface area contributed by atoms with Crippen LogP contribution in [0.1, 0.15) is 36.2 Å². The van der Waals surface area contributed by atoms with Gasteiger partial charge in [-0.25, -0.2) is 4.79 Å². The monoisotopic (exact) mass is 293 g/mol.